The van der Waals surface area contributed by atoms with Crippen LogP contribution in [0.3, 0.4) is 0 Å². The Morgan fingerprint density at radius 2 is 1.72 bits per heavy atom. The molecule has 2 aromatic carbocycles. The van der Waals surface area contributed by atoms with Crippen LogP contribution in [0.2, 0.25) is 0 Å². The summed E-state index contributed by atoms with van der Waals surface area (Å²) in [5, 5.41) is 4.08. The molecule has 0 saturated heterocycles. The molecule has 0 amide bonds. The van der Waals surface area contributed by atoms with Crippen LogP contribution < -0.4 is 14.2 Å². The standard InChI is InChI=1S/C20H24N4O4S/c1-4-27-19-11-10-18(12-20(19)28-5-2)29(25,26)23-15(3)16-6-8-17(9-7-16)24-14-21-13-22-24/h6-15,23H,4-5H2,1-3H3. The van der Waals surface area contributed by atoms with E-state index in [1.807, 2.05) is 38.1 Å². The molecule has 0 radical (unpaired) electrons. The van der Waals surface area contributed by atoms with E-state index in [4.69, 9.17) is 9.47 Å². The van der Waals surface area contributed by atoms with Gasteiger partial charge in [0.2, 0.25) is 10.0 Å². The number of benzene rings is 2. The number of nitrogens with one attached hydrogen (secondary N) is 1. The van der Waals surface area contributed by atoms with E-state index in [-0.39, 0.29) is 4.90 Å². The molecule has 154 valence electrons. The van der Waals surface area contributed by atoms with Gasteiger partial charge in [-0.1, -0.05) is 12.1 Å². The van der Waals surface area contributed by atoms with Gasteiger partial charge in [-0.05, 0) is 50.6 Å². The van der Waals surface area contributed by atoms with Gasteiger partial charge in [0.1, 0.15) is 12.7 Å². The van der Waals surface area contributed by atoms with Gasteiger partial charge < -0.3 is 9.47 Å². The summed E-state index contributed by atoms with van der Waals surface area (Å²) in [5.41, 5.74) is 1.67. The van der Waals surface area contributed by atoms with Crippen molar-refractivity contribution in [2.75, 3.05) is 13.2 Å². The first-order valence-electron chi connectivity index (χ1n) is 9.31. The molecule has 1 N–H and O–H groups in total. The Kier molecular flexibility index (Phi) is 6.50. The van der Waals surface area contributed by atoms with Gasteiger partial charge in [-0.25, -0.2) is 22.8 Å². The fraction of sp³-hybridized carbons (Fsp3) is 0.300. The smallest absolute Gasteiger partial charge is 0.241 e. The van der Waals surface area contributed by atoms with E-state index in [2.05, 4.69) is 14.8 Å². The lowest BCUT2D eigenvalue weighted by Gasteiger charge is -2.17. The third kappa shape index (κ3) is 4.93. The number of nitrogens with zero attached hydrogens (tertiary/aromatic N) is 3. The maximum atomic E-state index is 12.9. The number of sulfonamides is 1. The molecule has 1 heterocycles. The third-order valence-corrected chi connectivity index (χ3v) is 5.77. The molecule has 3 aromatic rings. The van der Waals surface area contributed by atoms with E-state index in [0.29, 0.717) is 24.7 Å². The number of hydrogen-bond donors (Lipinski definition) is 1. The van der Waals surface area contributed by atoms with E-state index in [1.54, 1.807) is 24.0 Å². The second-order valence-electron chi connectivity index (χ2n) is 6.25. The minimum absolute atomic E-state index is 0.121. The molecule has 0 bridgehead atoms. The first kappa shape index (κ1) is 20.8. The minimum Gasteiger partial charge on any atom is -0.490 e. The van der Waals surface area contributed by atoms with E-state index < -0.39 is 16.1 Å². The maximum Gasteiger partial charge on any atom is 0.241 e. The van der Waals surface area contributed by atoms with Crippen LogP contribution >= 0.6 is 0 Å². The monoisotopic (exact) mass is 416 g/mol. The molecule has 0 spiro atoms. The summed E-state index contributed by atoms with van der Waals surface area (Å²) in [5.74, 6) is 0.923. The quantitative estimate of drug-likeness (QED) is 0.576. The Labute approximate surface area is 170 Å². The summed E-state index contributed by atoms with van der Waals surface area (Å²) in [6.07, 6.45) is 3.06. The van der Waals surface area contributed by atoms with Crippen LogP contribution in [0, 0.1) is 0 Å². The number of aromatic nitrogens is 3. The van der Waals surface area contributed by atoms with Crippen LogP contribution in [0.15, 0.2) is 60.0 Å². The van der Waals surface area contributed by atoms with Crippen LogP contribution in [0.1, 0.15) is 32.4 Å². The van der Waals surface area contributed by atoms with Gasteiger partial charge in [0.05, 0.1) is 23.8 Å². The predicted molar refractivity (Wildman–Crippen MR) is 109 cm³/mol. The predicted octanol–water partition coefficient (Wildman–Crippen LogP) is 3.10. The summed E-state index contributed by atoms with van der Waals surface area (Å²) in [7, 11) is -3.75. The van der Waals surface area contributed by atoms with E-state index in [0.717, 1.165) is 11.3 Å². The van der Waals surface area contributed by atoms with Crippen LogP contribution in [-0.4, -0.2) is 36.4 Å². The van der Waals surface area contributed by atoms with Crippen LogP contribution in [0.25, 0.3) is 5.69 Å². The highest BCUT2D eigenvalue weighted by molar-refractivity contribution is 7.89. The summed E-state index contributed by atoms with van der Waals surface area (Å²) in [4.78, 5) is 4.04. The van der Waals surface area contributed by atoms with Crippen molar-refractivity contribution in [1.29, 1.82) is 0 Å². The lowest BCUT2D eigenvalue weighted by atomic mass is 10.1. The van der Waals surface area contributed by atoms with Gasteiger partial charge in [-0.15, -0.1) is 0 Å². The lowest BCUT2D eigenvalue weighted by Crippen LogP contribution is -2.27. The van der Waals surface area contributed by atoms with E-state index >= 15 is 0 Å². The van der Waals surface area contributed by atoms with Gasteiger partial charge in [-0.3, -0.25) is 0 Å². The van der Waals surface area contributed by atoms with E-state index in [1.165, 1.54) is 18.5 Å². The molecule has 3 rings (SSSR count). The van der Waals surface area contributed by atoms with Crippen LogP contribution in [0.4, 0.5) is 0 Å². The fourth-order valence-electron chi connectivity index (χ4n) is 2.82. The summed E-state index contributed by atoms with van der Waals surface area (Å²) < 4.78 is 41.1. The Bertz CT molecular complexity index is 1030. The summed E-state index contributed by atoms with van der Waals surface area (Å²) in [6, 6.07) is 11.6. The summed E-state index contributed by atoms with van der Waals surface area (Å²) in [6.45, 7) is 6.36. The van der Waals surface area contributed by atoms with Crippen molar-refractivity contribution in [3.05, 3.63) is 60.7 Å². The van der Waals surface area contributed by atoms with Crippen molar-refractivity contribution in [3.63, 3.8) is 0 Å². The third-order valence-electron chi connectivity index (χ3n) is 4.23. The average molecular weight is 417 g/mol. The molecule has 1 aromatic heterocycles. The van der Waals surface area contributed by atoms with Gasteiger partial charge in [0.25, 0.3) is 0 Å². The SMILES string of the molecule is CCOc1ccc(S(=O)(=O)NC(C)c2ccc(-n3cncn3)cc2)cc1OCC. The Balaban J connectivity index is 1.78. The molecule has 0 aliphatic rings. The number of hydrogen-bond acceptors (Lipinski definition) is 6. The molecule has 1 atom stereocenters. The molecule has 0 fully saturated rings. The number of ether oxygens (including phenoxy) is 2. The molecule has 0 aliphatic heterocycles. The largest absolute Gasteiger partial charge is 0.490 e. The lowest BCUT2D eigenvalue weighted by molar-refractivity contribution is 0.287. The van der Waals surface area contributed by atoms with Gasteiger partial charge in [0.15, 0.2) is 11.5 Å². The zero-order valence-corrected chi connectivity index (χ0v) is 17.4. The molecule has 0 saturated carbocycles. The molecular formula is C20H24N4O4S. The van der Waals surface area contributed by atoms with Crippen LogP contribution in [-0.2, 0) is 10.0 Å². The average Bonchev–Trinajstić information content (AvgIpc) is 3.24. The Morgan fingerprint density at radius 1 is 1.03 bits per heavy atom. The van der Waals surface area contributed by atoms with Gasteiger partial charge in [0, 0.05) is 12.1 Å². The van der Waals surface area contributed by atoms with Crippen molar-refractivity contribution in [2.45, 2.75) is 31.7 Å². The molecule has 0 aliphatic carbocycles. The fourth-order valence-corrected chi connectivity index (χ4v) is 4.07. The molecular weight excluding hydrogens is 392 g/mol. The normalized spacial score (nSPS) is 12.5. The Morgan fingerprint density at radius 3 is 2.34 bits per heavy atom. The highest BCUT2D eigenvalue weighted by Crippen LogP contribution is 2.30. The first-order chi connectivity index (χ1) is 13.9. The minimum atomic E-state index is -3.75. The zero-order valence-electron chi connectivity index (χ0n) is 16.6. The highest BCUT2D eigenvalue weighted by Gasteiger charge is 2.20. The molecule has 9 heteroatoms. The zero-order chi connectivity index (χ0) is 20.9. The van der Waals surface area contributed by atoms with Gasteiger partial charge in [-0.2, -0.15) is 5.10 Å². The topological polar surface area (TPSA) is 95.3 Å². The van der Waals surface area contributed by atoms with Crippen molar-refractivity contribution in [2.24, 2.45) is 0 Å². The summed E-state index contributed by atoms with van der Waals surface area (Å²) >= 11 is 0. The van der Waals surface area contributed by atoms with Gasteiger partial charge >= 0.3 is 0 Å². The van der Waals surface area contributed by atoms with Crippen LogP contribution in [0.5, 0.6) is 11.5 Å². The van der Waals surface area contributed by atoms with Crippen molar-refractivity contribution >= 4 is 10.0 Å². The maximum absolute atomic E-state index is 12.9. The molecule has 1 unspecified atom stereocenters. The number of rotatable bonds is 9. The Hall–Kier alpha value is -2.91. The van der Waals surface area contributed by atoms with Crippen molar-refractivity contribution in [3.8, 4) is 17.2 Å². The van der Waals surface area contributed by atoms with Crippen molar-refractivity contribution < 1.29 is 17.9 Å². The molecule has 29 heavy (non-hydrogen) atoms. The second kappa shape index (κ2) is 9.06. The first-order valence-corrected chi connectivity index (χ1v) is 10.8. The van der Waals surface area contributed by atoms with Crippen molar-refractivity contribution in [1.82, 2.24) is 19.5 Å². The second-order valence-corrected chi connectivity index (χ2v) is 7.96. The highest BCUT2D eigenvalue weighted by atomic mass is 32.2. The molecule has 8 nitrogen and oxygen atoms in total. The van der Waals surface area contributed by atoms with E-state index in [9.17, 15) is 8.42 Å².